The van der Waals surface area contributed by atoms with Gasteiger partial charge in [0.2, 0.25) is 0 Å². The van der Waals surface area contributed by atoms with Crippen LogP contribution in [-0.4, -0.2) is 84.6 Å². The monoisotopic (exact) mass is 376 g/mol. The molecule has 1 aromatic rings. The number of likely N-dealkylation sites (tertiary alicyclic amines) is 2. The van der Waals surface area contributed by atoms with Crippen molar-refractivity contribution in [2.24, 2.45) is 11.8 Å². The second-order valence-electron chi connectivity index (χ2n) is 8.60. The molecule has 7 nitrogen and oxygen atoms in total. The zero-order valence-electron chi connectivity index (χ0n) is 16.6. The Morgan fingerprint density at radius 2 is 2.04 bits per heavy atom. The van der Waals surface area contributed by atoms with Crippen molar-refractivity contribution in [1.82, 2.24) is 19.6 Å². The second-order valence-corrected chi connectivity index (χ2v) is 8.60. The summed E-state index contributed by atoms with van der Waals surface area (Å²) in [4.78, 5) is 17.1. The molecule has 7 heteroatoms. The van der Waals surface area contributed by atoms with E-state index < -0.39 is 0 Å². The Hall–Kier alpha value is -1.44. The number of carbonyl (C=O) groups is 1. The topological polar surface area (TPSA) is 59.8 Å². The molecule has 0 N–H and O–H groups in total. The van der Waals surface area contributed by atoms with Crippen molar-refractivity contribution in [2.75, 3.05) is 53.6 Å². The number of carbonyl (C=O) groups excluding carboxylic acids is 1. The molecule has 1 amide bonds. The van der Waals surface area contributed by atoms with Gasteiger partial charge in [-0.05, 0) is 57.2 Å². The highest BCUT2D eigenvalue weighted by Crippen LogP contribution is 2.39. The lowest BCUT2D eigenvalue weighted by atomic mass is 9.75. The third-order valence-electron chi connectivity index (χ3n) is 6.40. The first kappa shape index (κ1) is 18.9. The van der Waals surface area contributed by atoms with Gasteiger partial charge in [-0.3, -0.25) is 14.4 Å². The lowest BCUT2D eigenvalue weighted by molar-refractivity contribution is -0.0763. The number of aromatic nitrogens is 2. The van der Waals surface area contributed by atoms with Gasteiger partial charge in [0.1, 0.15) is 5.69 Å². The maximum Gasteiger partial charge on any atom is 0.274 e. The van der Waals surface area contributed by atoms with Crippen molar-refractivity contribution < 1.29 is 14.3 Å². The van der Waals surface area contributed by atoms with Crippen LogP contribution in [0.5, 0.6) is 0 Å². The van der Waals surface area contributed by atoms with E-state index >= 15 is 0 Å². The highest BCUT2D eigenvalue weighted by Gasteiger charge is 2.51. The highest BCUT2D eigenvalue weighted by atomic mass is 16.5. The molecule has 150 valence electrons. The minimum Gasteiger partial charge on any atom is -0.383 e. The van der Waals surface area contributed by atoms with Gasteiger partial charge in [0.05, 0.1) is 18.7 Å². The fraction of sp³-hybridized carbons (Fsp3) is 0.800. The summed E-state index contributed by atoms with van der Waals surface area (Å²) in [6, 6.07) is 1.81. The first-order valence-corrected chi connectivity index (χ1v) is 10.2. The summed E-state index contributed by atoms with van der Waals surface area (Å²) >= 11 is 0. The largest absolute Gasteiger partial charge is 0.383 e. The van der Waals surface area contributed by atoms with Gasteiger partial charge in [0.25, 0.3) is 5.91 Å². The molecule has 1 aliphatic carbocycles. The first-order valence-electron chi connectivity index (χ1n) is 10.2. The van der Waals surface area contributed by atoms with E-state index in [-0.39, 0.29) is 11.4 Å². The van der Waals surface area contributed by atoms with E-state index in [0.717, 1.165) is 45.2 Å². The number of piperidine rings is 1. The number of likely N-dealkylation sites (N-methyl/N-ethyl adjacent to an activating group) is 1. The summed E-state index contributed by atoms with van der Waals surface area (Å²) in [6.45, 7) is 5.76. The number of methoxy groups -OCH3 is 1. The molecule has 27 heavy (non-hydrogen) atoms. The SMILES string of the molecule is COCCn1ccc(C(=O)N2CC3(C[C@@H](COCC4CC4)CCN3C)C2)n1. The molecule has 0 bridgehead atoms. The van der Waals surface area contributed by atoms with Gasteiger partial charge >= 0.3 is 0 Å². The molecular formula is C20H32N4O3. The molecule has 1 saturated carbocycles. The van der Waals surface area contributed by atoms with Crippen molar-refractivity contribution in [3.05, 3.63) is 18.0 Å². The van der Waals surface area contributed by atoms with Crippen LogP contribution in [-0.2, 0) is 16.0 Å². The standard InChI is InChI=1S/C20H32N4O3/c1-22-7-5-17(13-27-12-16-3-4-16)11-20(22)14-23(15-20)19(25)18-6-8-24(21-18)9-10-26-2/h6,8,16-17H,3-5,7,9-15H2,1-2H3/t17-/m0/s1. The lowest BCUT2D eigenvalue weighted by Crippen LogP contribution is -2.72. The molecule has 2 aliphatic heterocycles. The summed E-state index contributed by atoms with van der Waals surface area (Å²) in [5.41, 5.74) is 0.656. The number of hydrogen-bond acceptors (Lipinski definition) is 5. The van der Waals surface area contributed by atoms with Crippen LogP contribution in [0.4, 0.5) is 0 Å². The summed E-state index contributed by atoms with van der Waals surface area (Å²) in [6.07, 6.45) is 6.86. The van der Waals surface area contributed by atoms with Crippen molar-refractivity contribution in [3.63, 3.8) is 0 Å². The summed E-state index contributed by atoms with van der Waals surface area (Å²) in [7, 11) is 3.86. The molecule has 3 aliphatic rings. The Morgan fingerprint density at radius 3 is 2.78 bits per heavy atom. The minimum absolute atomic E-state index is 0.0392. The Kier molecular flexibility index (Phi) is 5.53. The molecule has 4 rings (SSSR count). The van der Waals surface area contributed by atoms with Crippen LogP contribution in [0.25, 0.3) is 0 Å². The van der Waals surface area contributed by atoms with E-state index in [2.05, 4.69) is 17.0 Å². The van der Waals surface area contributed by atoms with Gasteiger partial charge in [-0.25, -0.2) is 0 Å². The molecule has 1 spiro atoms. The highest BCUT2D eigenvalue weighted by molar-refractivity contribution is 5.93. The van der Waals surface area contributed by atoms with Crippen LogP contribution in [0.15, 0.2) is 12.3 Å². The zero-order chi connectivity index (χ0) is 18.9. The number of nitrogens with zero attached hydrogens (tertiary/aromatic N) is 4. The third-order valence-corrected chi connectivity index (χ3v) is 6.40. The average Bonchev–Trinajstić information content (AvgIpc) is 3.34. The van der Waals surface area contributed by atoms with Crippen molar-refractivity contribution >= 4 is 5.91 Å². The zero-order valence-corrected chi connectivity index (χ0v) is 16.6. The van der Waals surface area contributed by atoms with Gasteiger partial charge in [0, 0.05) is 39.6 Å². The fourth-order valence-electron chi connectivity index (χ4n) is 4.36. The van der Waals surface area contributed by atoms with E-state index in [1.165, 1.54) is 19.3 Å². The van der Waals surface area contributed by atoms with E-state index in [1.54, 1.807) is 11.8 Å². The van der Waals surface area contributed by atoms with Crippen LogP contribution in [0.3, 0.4) is 0 Å². The molecular weight excluding hydrogens is 344 g/mol. The second kappa shape index (κ2) is 7.89. The van der Waals surface area contributed by atoms with Crippen molar-refractivity contribution in [1.29, 1.82) is 0 Å². The fourth-order valence-corrected chi connectivity index (χ4v) is 4.36. The molecule has 3 fully saturated rings. The Balaban J connectivity index is 1.29. The Labute approximate surface area is 161 Å². The molecule has 0 aromatic carbocycles. The van der Waals surface area contributed by atoms with E-state index in [9.17, 15) is 4.79 Å². The summed E-state index contributed by atoms with van der Waals surface area (Å²) in [5.74, 6) is 1.48. The molecule has 0 radical (unpaired) electrons. The van der Waals surface area contributed by atoms with Crippen molar-refractivity contribution in [3.8, 4) is 0 Å². The van der Waals surface area contributed by atoms with Gasteiger partial charge < -0.3 is 14.4 Å². The van der Waals surface area contributed by atoms with Crippen molar-refractivity contribution in [2.45, 2.75) is 37.8 Å². The smallest absolute Gasteiger partial charge is 0.274 e. The van der Waals surface area contributed by atoms with Crippen LogP contribution >= 0.6 is 0 Å². The number of rotatable bonds is 8. The van der Waals surface area contributed by atoms with E-state index in [1.807, 2.05) is 17.2 Å². The molecule has 2 saturated heterocycles. The van der Waals surface area contributed by atoms with Crippen LogP contribution in [0.1, 0.15) is 36.2 Å². The van der Waals surface area contributed by atoms with Gasteiger partial charge in [0.15, 0.2) is 0 Å². The average molecular weight is 377 g/mol. The van der Waals surface area contributed by atoms with Crippen LogP contribution in [0.2, 0.25) is 0 Å². The van der Waals surface area contributed by atoms with Gasteiger partial charge in [-0.2, -0.15) is 5.10 Å². The van der Waals surface area contributed by atoms with E-state index in [4.69, 9.17) is 9.47 Å². The lowest BCUT2D eigenvalue weighted by Gasteiger charge is -2.58. The predicted octanol–water partition coefficient (Wildman–Crippen LogP) is 1.49. The Morgan fingerprint density at radius 1 is 1.26 bits per heavy atom. The number of amides is 1. The maximum atomic E-state index is 12.8. The summed E-state index contributed by atoms with van der Waals surface area (Å²) < 4.78 is 12.8. The molecule has 0 unspecified atom stereocenters. The number of hydrogen-bond donors (Lipinski definition) is 0. The third kappa shape index (κ3) is 4.20. The summed E-state index contributed by atoms with van der Waals surface area (Å²) in [5, 5.41) is 4.39. The van der Waals surface area contributed by atoms with E-state index in [0.29, 0.717) is 24.8 Å². The molecule has 1 atom stereocenters. The predicted molar refractivity (Wildman–Crippen MR) is 102 cm³/mol. The molecule has 3 heterocycles. The van der Waals surface area contributed by atoms with Crippen LogP contribution in [0, 0.1) is 11.8 Å². The Bertz CT molecular complexity index is 651. The van der Waals surface area contributed by atoms with Crippen LogP contribution < -0.4 is 0 Å². The maximum absolute atomic E-state index is 12.8. The molecule has 1 aromatic heterocycles. The number of ether oxygens (including phenoxy) is 2. The first-order chi connectivity index (χ1) is 13.1. The normalized spacial score (nSPS) is 25.0. The van der Waals surface area contributed by atoms with Gasteiger partial charge in [-0.1, -0.05) is 0 Å². The quantitative estimate of drug-likeness (QED) is 0.688. The van der Waals surface area contributed by atoms with Gasteiger partial charge in [-0.15, -0.1) is 0 Å². The minimum atomic E-state index is 0.0392.